The average molecular weight is 337 g/mol. The molecule has 7 heteroatoms. The van der Waals surface area contributed by atoms with Gasteiger partial charge in [0.1, 0.15) is 21.3 Å². The molecule has 0 unspecified atom stereocenters. The summed E-state index contributed by atoms with van der Waals surface area (Å²) in [4.78, 5) is 11.8. The van der Waals surface area contributed by atoms with Crippen LogP contribution in [0.3, 0.4) is 0 Å². The number of benzene rings is 2. The number of hydrogen-bond donors (Lipinski definition) is 1. The Morgan fingerprint density at radius 3 is 2.48 bits per heavy atom. The van der Waals surface area contributed by atoms with Gasteiger partial charge < -0.3 is 10.1 Å². The van der Waals surface area contributed by atoms with Crippen LogP contribution in [0.1, 0.15) is 6.42 Å². The molecule has 2 rings (SSSR count). The first-order valence-electron chi connectivity index (χ1n) is 6.84. The van der Waals surface area contributed by atoms with E-state index in [4.69, 9.17) is 4.74 Å². The van der Waals surface area contributed by atoms with Crippen LogP contribution >= 0.6 is 0 Å². The summed E-state index contributed by atoms with van der Waals surface area (Å²) in [5.74, 6) is -0.930. The molecule has 23 heavy (non-hydrogen) atoms. The largest absolute Gasteiger partial charge is 0.455 e. The van der Waals surface area contributed by atoms with E-state index in [1.165, 1.54) is 18.2 Å². The highest BCUT2D eigenvalue weighted by atomic mass is 32.2. The van der Waals surface area contributed by atoms with Crippen molar-refractivity contribution in [2.45, 2.75) is 6.42 Å². The summed E-state index contributed by atoms with van der Waals surface area (Å²) >= 11 is 0. The number of amides is 1. The van der Waals surface area contributed by atoms with Crippen molar-refractivity contribution >= 4 is 21.4 Å². The van der Waals surface area contributed by atoms with Crippen LogP contribution in [0, 0.1) is 5.82 Å². The SMILES string of the molecule is CS(=O)(=O)CCC(=O)Nc1c(F)cccc1Oc1ccccc1. The van der Waals surface area contributed by atoms with E-state index < -0.39 is 21.6 Å². The molecule has 0 saturated carbocycles. The maximum absolute atomic E-state index is 14.0. The Morgan fingerprint density at radius 1 is 1.13 bits per heavy atom. The van der Waals surface area contributed by atoms with Crippen molar-refractivity contribution in [3.63, 3.8) is 0 Å². The second-order valence-electron chi connectivity index (χ2n) is 4.96. The van der Waals surface area contributed by atoms with Crippen molar-refractivity contribution in [3.8, 4) is 11.5 Å². The minimum absolute atomic E-state index is 0.116. The quantitative estimate of drug-likeness (QED) is 0.879. The lowest BCUT2D eigenvalue weighted by atomic mass is 10.2. The lowest BCUT2D eigenvalue weighted by Gasteiger charge is -2.13. The number of anilines is 1. The van der Waals surface area contributed by atoms with E-state index in [2.05, 4.69) is 5.32 Å². The molecule has 122 valence electrons. The zero-order valence-electron chi connectivity index (χ0n) is 12.5. The smallest absolute Gasteiger partial charge is 0.225 e. The first-order valence-corrected chi connectivity index (χ1v) is 8.90. The number of carbonyl (C=O) groups is 1. The molecule has 0 aromatic heterocycles. The molecule has 0 heterocycles. The van der Waals surface area contributed by atoms with Crippen LogP contribution in [0.2, 0.25) is 0 Å². The molecule has 0 fully saturated rings. The van der Waals surface area contributed by atoms with Crippen LogP contribution in [0.25, 0.3) is 0 Å². The third kappa shape index (κ3) is 5.37. The normalized spacial score (nSPS) is 11.0. The molecular weight excluding hydrogens is 321 g/mol. The Balaban J connectivity index is 2.16. The van der Waals surface area contributed by atoms with Gasteiger partial charge in [-0.1, -0.05) is 24.3 Å². The number of hydrogen-bond acceptors (Lipinski definition) is 4. The van der Waals surface area contributed by atoms with Gasteiger partial charge in [0, 0.05) is 12.7 Å². The summed E-state index contributed by atoms with van der Waals surface area (Å²) < 4.78 is 41.7. The number of sulfone groups is 1. The third-order valence-corrected chi connectivity index (χ3v) is 3.86. The highest BCUT2D eigenvalue weighted by molar-refractivity contribution is 7.90. The fourth-order valence-electron chi connectivity index (χ4n) is 1.81. The van der Waals surface area contributed by atoms with E-state index in [0.717, 1.165) is 6.26 Å². The molecule has 0 aliphatic carbocycles. The molecule has 2 aromatic rings. The van der Waals surface area contributed by atoms with Crippen LogP contribution < -0.4 is 10.1 Å². The molecule has 5 nitrogen and oxygen atoms in total. The van der Waals surface area contributed by atoms with Gasteiger partial charge in [0.2, 0.25) is 5.91 Å². The Morgan fingerprint density at radius 2 is 1.83 bits per heavy atom. The minimum atomic E-state index is -3.27. The third-order valence-electron chi connectivity index (χ3n) is 2.91. The molecule has 1 N–H and O–H groups in total. The second-order valence-corrected chi connectivity index (χ2v) is 7.22. The van der Waals surface area contributed by atoms with Crippen LogP contribution in [0.4, 0.5) is 10.1 Å². The summed E-state index contributed by atoms with van der Waals surface area (Å²) in [6, 6.07) is 12.9. The van der Waals surface area contributed by atoms with E-state index in [1.807, 2.05) is 6.07 Å². The molecule has 1 amide bonds. The lowest BCUT2D eigenvalue weighted by molar-refractivity contribution is -0.115. The predicted octanol–water partition coefficient (Wildman–Crippen LogP) is 2.99. The summed E-state index contributed by atoms with van der Waals surface area (Å²) in [5.41, 5.74) is -0.116. The van der Waals surface area contributed by atoms with Crippen molar-refractivity contribution < 1.29 is 22.3 Å². The Bertz CT molecular complexity index is 791. The Labute approximate surface area is 134 Å². The summed E-state index contributed by atoms with van der Waals surface area (Å²) in [6.07, 6.45) is 0.783. The van der Waals surface area contributed by atoms with E-state index >= 15 is 0 Å². The first kappa shape index (κ1) is 17.0. The Hall–Kier alpha value is -2.41. The second kappa shape index (κ2) is 7.23. The predicted molar refractivity (Wildman–Crippen MR) is 85.9 cm³/mol. The zero-order chi connectivity index (χ0) is 16.9. The van der Waals surface area contributed by atoms with E-state index in [9.17, 15) is 17.6 Å². The number of nitrogens with one attached hydrogen (secondary N) is 1. The maximum atomic E-state index is 14.0. The van der Waals surface area contributed by atoms with Gasteiger partial charge in [0.15, 0.2) is 11.6 Å². The molecule has 2 aromatic carbocycles. The maximum Gasteiger partial charge on any atom is 0.225 e. The lowest BCUT2D eigenvalue weighted by Crippen LogP contribution is -2.17. The van der Waals surface area contributed by atoms with Gasteiger partial charge in [-0.05, 0) is 24.3 Å². The van der Waals surface area contributed by atoms with E-state index in [0.29, 0.717) is 5.75 Å². The van der Waals surface area contributed by atoms with Gasteiger partial charge in [-0.2, -0.15) is 0 Å². The number of carbonyl (C=O) groups excluding carboxylic acids is 1. The van der Waals surface area contributed by atoms with Gasteiger partial charge in [-0.3, -0.25) is 4.79 Å². The van der Waals surface area contributed by atoms with Crippen LogP contribution in [-0.2, 0) is 14.6 Å². The van der Waals surface area contributed by atoms with Crippen molar-refractivity contribution in [1.29, 1.82) is 0 Å². The van der Waals surface area contributed by atoms with Gasteiger partial charge in [0.05, 0.1) is 5.75 Å². The van der Waals surface area contributed by atoms with Gasteiger partial charge in [0.25, 0.3) is 0 Å². The van der Waals surface area contributed by atoms with Gasteiger partial charge in [-0.25, -0.2) is 12.8 Å². The zero-order valence-corrected chi connectivity index (χ0v) is 13.3. The van der Waals surface area contributed by atoms with E-state index in [1.54, 1.807) is 24.3 Å². The molecule has 0 radical (unpaired) electrons. The average Bonchev–Trinajstić information content (AvgIpc) is 2.49. The summed E-state index contributed by atoms with van der Waals surface area (Å²) in [6.45, 7) is 0. The van der Waals surface area contributed by atoms with E-state index in [-0.39, 0.29) is 23.6 Å². The number of para-hydroxylation sites is 2. The summed E-state index contributed by atoms with van der Waals surface area (Å²) in [5, 5.41) is 2.37. The molecule has 0 saturated heterocycles. The molecular formula is C16H16FNO4S. The minimum Gasteiger partial charge on any atom is -0.455 e. The molecule has 0 bridgehead atoms. The highest BCUT2D eigenvalue weighted by Crippen LogP contribution is 2.31. The standard InChI is InChI=1S/C16H16FNO4S/c1-23(20,21)11-10-15(19)18-16-13(17)8-5-9-14(16)22-12-6-3-2-4-7-12/h2-9H,10-11H2,1H3,(H,18,19). The fourth-order valence-corrected chi connectivity index (χ4v) is 2.36. The number of rotatable bonds is 6. The van der Waals surface area contributed by atoms with Gasteiger partial charge >= 0.3 is 0 Å². The molecule has 0 aliphatic rings. The number of halogens is 1. The first-order chi connectivity index (χ1) is 10.8. The van der Waals surface area contributed by atoms with Crippen molar-refractivity contribution in [2.24, 2.45) is 0 Å². The topological polar surface area (TPSA) is 72.5 Å². The van der Waals surface area contributed by atoms with Crippen LogP contribution in [0.5, 0.6) is 11.5 Å². The highest BCUT2D eigenvalue weighted by Gasteiger charge is 2.15. The monoisotopic (exact) mass is 337 g/mol. The van der Waals surface area contributed by atoms with Crippen molar-refractivity contribution in [2.75, 3.05) is 17.3 Å². The summed E-state index contributed by atoms with van der Waals surface area (Å²) in [7, 11) is -3.27. The van der Waals surface area contributed by atoms with Crippen LogP contribution in [-0.4, -0.2) is 26.3 Å². The molecule has 0 aliphatic heterocycles. The Kier molecular flexibility index (Phi) is 5.33. The van der Waals surface area contributed by atoms with Gasteiger partial charge in [-0.15, -0.1) is 0 Å². The van der Waals surface area contributed by atoms with Crippen molar-refractivity contribution in [1.82, 2.24) is 0 Å². The fraction of sp³-hybridized carbons (Fsp3) is 0.188. The molecule has 0 atom stereocenters. The van der Waals surface area contributed by atoms with Crippen molar-refractivity contribution in [3.05, 3.63) is 54.3 Å². The number of ether oxygens (including phenoxy) is 1. The van der Waals surface area contributed by atoms with Crippen LogP contribution in [0.15, 0.2) is 48.5 Å². The molecule has 0 spiro atoms.